The van der Waals surface area contributed by atoms with Gasteiger partial charge in [0.1, 0.15) is 0 Å². The van der Waals surface area contributed by atoms with Crippen LogP contribution >= 0.6 is 11.8 Å². The summed E-state index contributed by atoms with van der Waals surface area (Å²) in [6.07, 6.45) is 1.71. The third-order valence-electron chi connectivity index (χ3n) is 3.33. The third-order valence-corrected chi connectivity index (χ3v) is 4.43. The van der Waals surface area contributed by atoms with Crippen LogP contribution in [-0.2, 0) is 4.79 Å². The average molecular weight is 294 g/mol. The Morgan fingerprint density at radius 1 is 1.50 bits per heavy atom. The van der Waals surface area contributed by atoms with E-state index in [1.807, 2.05) is 6.92 Å². The highest BCUT2D eigenvalue weighted by atomic mass is 32.2. The Morgan fingerprint density at radius 2 is 2.20 bits per heavy atom. The first-order chi connectivity index (χ1) is 9.37. The van der Waals surface area contributed by atoms with E-state index in [1.54, 1.807) is 11.8 Å². The Labute approximate surface area is 126 Å². The Morgan fingerprint density at radius 3 is 2.75 bits per heavy atom. The van der Waals surface area contributed by atoms with E-state index >= 15 is 0 Å². The number of carbonyl (C=O) groups is 1. The highest BCUT2D eigenvalue weighted by molar-refractivity contribution is 7.99. The van der Waals surface area contributed by atoms with Crippen LogP contribution in [0.15, 0.2) is 29.2 Å². The number of thioether (sulfide) groups is 1. The van der Waals surface area contributed by atoms with E-state index in [2.05, 4.69) is 50.4 Å². The van der Waals surface area contributed by atoms with Gasteiger partial charge in [-0.1, -0.05) is 31.5 Å². The van der Waals surface area contributed by atoms with Gasteiger partial charge in [-0.25, -0.2) is 0 Å². The lowest BCUT2D eigenvalue weighted by Crippen LogP contribution is -2.54. The zero-order chi connectivity index (χ0) is 15.2. The summed E-state index contributed by atoms with van der Waals surface area (Å²) in [4.78, 5) is 13.0. The van der Waals surface area contributed by atoms with Crippen LogP contribution in [0.2, 0.25) is 0 Å². The summed E-state index contributed by atoms with van der Waals surface area (Å²) in [6.45, 7) is 9.02. The molecule has 0 aliphatic heterocycles. The summed E-state index contributed by atoms with van der Waals surface area (Å²) >= 11 is 1.79. The minimum atomic E-state index is -0.633. The summed E-state index contributed by atoms with van der Waals surface area (Å²) in [5.41, 5.74) is 6.19. The molecule has 2 unspecified atom stereocenters. The number of amides is 1. The van der Waals surface area contributed by atoms with E-state index in [4.69, 9.17) is 5.73 Å². The number of aryl methyl sites for hydroxylation is 1. The van der Waals surface area contributed by atoms with Crippen molar-refractivity contribution in [2.24, 2.45) is 5.73 Å². The summed E-state index contributed by atoms with van der Waals surface area (Å²) in [6, 6.07) is 8.43. The van der Waals surface area contributed by atoms with Crippen molar-refractivity contribution in [1.29, 1.82) is 0 Å². The van der Waals surface area contributed by atoms with E-state index in [0.717, 1.165) is 19.4 Å². The van der Waals surface area contributed by atoms with Gasteiger partial charge in [-0.15, -0.1) is 11.8 Å². The van der Waals surface area contributed by atoms with Gasteiger partial charge in [0.25, 0.3) is 0 Å². The van der Waals surface area contributed by atoms with Crippen molar-refractivity contribution in [3.8, 4) is 0 Å². The quantitative estimate of drug-likeness (QED) is 0.724. The van der Waals surface area contributed by atoms with Crippen LogP contribution in [-0.4, -0.2) is 23.2 Å². The third kappa shape index (κ3) is 5.17. The minimum absolute atomic E-state index is 0.275. The second-order valence-corrected chi connectivity index (χ2v) is 7.08. The molecular formula is C16H26N2OS. The standard InChI is InChI=1S/C16H26N2OS/c1-5-9-18-16(4,15(17)19)11-13(3)20-14-8-6-7-12(2)10-14/h6-8,10,13,18H,5,9,11H2,1-4H3,(H2,17,19). The second-order valence-electron chi connectivity index (χ2n) is 5.57. The van der Waals surface area contributed by atoms with E-state index < -0.39 is 5.54 Å². The Balaban J connectivity index is 2.66. The molecule has 0 saturated heterocycles. The summed E-state index contributed by atoms with van der Waals surface area (Å²) in [5, 5.41) is 3.60. The largest absolute Gasteiger partial charge is 0.368 e. The highest BCUT2D eigenvalue weighted by Crippen LogP contribution is 2.29. The van der Waals surface area contributed by atoms with Crippen molar-refractivity contribution in [1.82, 2.24) is 5.32 Å². The molecule has 2 atom stereocenters. The molecule has 112 valence electrons. The van der Waals surface area contributed by atoms with Crippen molar-refractivity contribution >= 4 is 17.7 Å². The number of nitrogens with one attached hydrogen (secondary N) is 1. The molecule has 1 aromatic rings. The highest BCUT2D eigenvalue weighted by Gasteiger charge is 2.32. The Hall–Kier alpha value is -1.00. The number of rotatable bonds is 8. The maximum atomic E-state index is 11.7. The molecule has 0 bridgehead atoms. The van der Waals surface area contributed by atoms with E-state index in [9.17, 15) is 4.79 Å². The van der Waals surface area contributed by atoms with Crippen molar-refractivity contribution < 1.29 is 4.79 Å². The molecule has 0 aliphatic rings. The van der Waals surface area contributed by atoms with Crippen molar-refractivity contribution in [2.45, 2.75) is 56.2 Å². The monoisotopic (exact) mass is 294 g/mol. The number of carbonyl (C=O) groups excluding carboxylic acids is 1. The normalized spacial score (nSPS) is 15.6. The van der Waals surface area contributed by atoms with E-state index in [-0.39, 0.29) is 5.91 Å². The first-order valence-corrected chi connectivity index (χ1v) is 8.03. The maximum absolute atomic E-state index is 11.7. The Kier molecular flexibility index (Phi) is 6.56. The van der Waals surface area contributed by atoms with Gasteiger partial charge in [-0.05, 0) is 45.4 Å². The van der Waals surface area contributed by atoms with Gasteiger partial charge in [0.05, 0.1) is 5.54 Å². The molecule has 1 aromatic carbocycles. The molecule has 0 saturated carbocycles. The predicted octanol–water partition coefficient (Wildman–Crippen LogP) is 3.11. The van der Waals surface area contributed by atoms with Gasteiger partial charge in [0.2, 0.25) is 5.91 Å². The summed E-state index contributed by atoms with van der Waals surface area (Å²) in [5.74, 6) is -0.275. The molecule has 1 rings (SSSR count). The number of nitrogens with two attached hydrogens (primary N) is 1. The van der Waals surface area contributed by atoms with Crippen LogP contribution in [0.25, 0.3) is 0 Å². The van der Waals surface area contributed by atoms with Crippen LogP contribution in [0.4, 0.5) is 0 Å². The fourth-order valence-electron chi connectivity index (χ4n) is 2.20. The van der Waals surface area contributed by atoms with Gasteiger partial charge < -0.3 is 11.1 Å². The molecule has 0 spiro atoms. The smallest absolute Gasteiger partial charge is 0.237 e. The number of benzene rings is 1. The molecule has 3 N–H and O–H groups in total. The average Bonchev–Trinajstić information content (AvgIpc) is 2.36. The van der Waals surface area contributed by atoms with Crippen LogP contribution in [0.5, 0.6) is 0 Å². The molecule has 0 heterocycles. The van der Waals surface area contributed by atoms with Crippen molar-refractivity contribution in [3.63, 3.8) is 0 Å². The zero-order valence-corrected chi connectivity index (χ0v) is 13.7. The van der Waals surface area contributed by atoms with Gasteiger partial charge in [-0.2, -0.15) is 0 Å². The molecule has 1 amide bonds. The van der Waals surface area contributed by atoms with Crippen molar-refractivity contribution in [3.05, 3.63) is 29.8 Å². The van der Waals surface area contributed by atoms with Gasteiger partial charge in [0, 0.05) is 10.1 Å². The molecule has 0 aliphatic carbocycles. The minimum Gasteiger partial charge on any atom is -0.368 e. The molecule has 0 radical (unpaired) electrons. The summed E-state index contributed by atoms with van der Waals surface area (Å²) < 4.78 is 0. The molecule has 3 nitrogen and oxygen atoms in total. The lowest BCUT2D eigenvalue weighted by molar-refractivity contribution is -0.124. The Bertz CT molecular complexity index is 450. The number of hydrogen-bond donors (Lipinski definition) is 2. The summed E-state index contributed by atoms with van der Waals surface area (Å²) in [7, 11) is 0. The maximum Gasteiger partial charge on any atom is 0.237 e. The molecule has 4 heteroatoms. The first-order valence-electron chi connectivity index (χ1n) is 7.15. The first kappa shape index (κ1) is 17.1. The van der Waals surface area contributed by atoms with Crippen molar-refractivity contribution in [2.75, 3.05) is 6.54 Å². The molecule has 0 aromatic heterocycles. The van der Waals surface area contributed by atoms with Gasteiger partial charge in [-0.3, -0.25) is 4.79 Å². The van der Waals surface area contributed by atoms with Crippen LogP contribution in [0, 0.1) is 6.92 Å². The second kappa shape index (κ2) is 7.70. The number of primary amides is 1. The molecule has 20 heavy (non-hydrogen) atoms. The fourth-order valence-corrected chi connectivity index (χ4v) is 3.49. The van der Waals surface area contributed by atoms with E-state index in [0.29, 0.717) is 5.25 Å². The van der Waals surface area contributed by atoms with Gasteiger partial charge >= 0.3 is 0 Å². The predicted molar refractivity (Wildman–Crippen MR) is 87.0 cm³/mol. The number of hydrogen-bond acceptors (Lipinski definition) is 3. The zero-order valence-electron chi connectivity index (χ0n) is 12.9. The SMILES string of the molecule is CCCNC(C)(CC(C)Sc1cccc(C)c1)C(N)=O. The van der Waals surface area contributed by atoms with Crippen LogP contribution in [0.1, 0.15) is 39.2 Å². The lowest BCUT2D eigenvalue weighted by Gasteiger charge is -2.30. The van der Waals surface area contributed by atoms with Crippen LogP contribution in [0.3, 0.4) is 0 Å². The van der Waals surface area contributed by atoms with Gasteiger partial charge in [0.15, 0.2) is 0 Å². The van der Waals surface area contributed by atoms with Crippen LogP contribution < -0.4 is 11.1 Å². The molecule has 0 fully saturated rings. The molecular weight excluding hydrogens is 268 g/mol. The van der Waals surface area contributed by atoms with E-state index in [1.165, 1.54) is 10.5 Å². The topological polar surface area (TPSA) is 55.1 Å². The fraction of sp³-hybridized carbons (Fsp3) is 0.562. The lowest BCUT2D eigenvalue weighted by atomic mass is 9.95.